The maximum absolute atomic E-state index is 13.7. The van der Waals surface area contributed by atoms with Crippen LogP contribution in [-0.2, 0) is 13.0 Å². The average molecular weight is 286 g/mol. The number of nitrogens with one attached hydrogen (secondary N) is 2. The monoisotopic (exact) mass is 286 g/mol. The van der Waals surface area contributed by atoms with E-state index in [1.807, 2.05) is 12.1 Å². The molecule has 21 heavy (non-hydrogen) atoms. The number of hydrogen-bond donors (Lipinski definition) is 3. The van der Waals surface area contributed by atoms with Crippen molar-refractivity contribution in [2.45, 2.75) is 13.0 Å². The van der Waals surface area contributed by atoms with E-state index in [0.29, 0.717) is 12.2 Å². The van der Waals surface area contributed by atoms with Crippen molar-refractivity contribution in [2.24, 2.45) is 0 Å². The first-order chi connectivity index (χ1) is 10.2. The zero-order valence-electron chi connectivity index (χ0n) is 11.3. The molecule has 0 radical (unpaired) electrons. The lowest BCUT2D eigenvalue weighted by molar-refractivity contribution is 0.102. The summed E-state index contributed by atoms with van der Waals surface area (Å²) in [6.07, 6.45) is 0.893. The summed E-state index contributed by atoms with van der Waals surface area (Å²) >= 11 is 0. The topological polar surface area (TPSA) is 61.4 Å². The maximum atomic E-state index is 13.7. The lowest BCUT2D eigenvalue weighted by Crippen LogP contribution is -2.25. The number of rotatable bonds is 2. The molecule has 0 spiro atoms. The minimum absolute atomic E-state index is 0.334. The van der Waals surface area contributed by atoms with Crippen LogP contribution in [0.3, 0.4) is 0 Å². The molecule has 3 rings (SSSR count). The fraction of sp³-hybridized carbons (Fsp3) is 0.188. The van der Waals surface area contributed by atoms with Crippen molar-refractivity contribution in [2.75, 3.05) is 11.9 Å². The van der Waals surface area contributed by atoms with E-state index in [2.05, 4.69) is 10.6 Å². The second kappa shape index (κ2) is 5.54. The fourth-order valence-corrected chi connectivity index (χ4v) is 2.55. The molecule has 1 aliphatic heterocycles. The second-order valence-electron chi connectivity index (χ2n) is 4.96. The third kappa shape index (κ3) is 2.60. The Morgan fingerprint density at radius 2 is 2.05 bits per heavy atom. The SMILES string of the molecule is O=C(Nc1cccc2c1CNCC2)c1c(O)cccc1F. The molecule has 0 bridgehead atoms. The molecule has 0 saturated carbocycles. The van der Waals surface area contributed by atoms with Gasteiger partial charge in [0.2, 0.25) is 0 Å². The summed E-state index contributed by atoms with van der Waals surface area (Å²) in [4.78, 5) is 12.2. The van der Waals surface area contributed by atoms with Crippen LogP contribution in [-0.4, -0.2) is 17.6 Å². The van der Waals surface area contributed by atoms with Crippen molar-refractivity contribution in [3.63, 3.8) is 0 Å². The van der Waals surface area contributed by atoms with E-state index in [-0.39, 0.29) is 11.3 Å². The van der Waals surface area contributed by atoms with Gasteiger partial charge in [-0.15, -0.1) is 0 Å². The van der Waals surface area contributed by atoms with E-state index in [1.165, 1.54) is 17.7 Å². The smallest absolute Gasteiger partial charge is 0.262 e. The van der Waals surface area contributed by atoms with E-state index in [1.54, 1.807) is 6.07 Å². The van der Waals surface area contributed by atoms with Crippen molar-refractivity contribution in [3.05, 3.63) is 58.9 Å². The number of anilines is 1. The molecule has 3 N–H and O–H groups in total. The standard InChI is InChI=1S/C16H15FN2O2/c17-12-4-2-6-14(20)15(12)16(21)19-13-5-1-3-10-7-8-18-9-11(10)13/h1-6,18,20H,7-9H2,(H,19,21). The molecule has 0 aromatic heterocycles. The highest BCUT2D eigenvalue weighted by Crippen LogP contribution is 2.25. The highest BCUT2D eigenvalue weighted by atomic mass is 19.1. The van der Waals surface area contributed by atoms with Crippen LogP contribution in [0.2, 0.25) is 0 Å². The Balaban J connectivity index is 1.92. The van der Waals surface area contributed by atoms with E-state index in [9.17, 15) is 14.3 Å². The summed E-state index contributed by atoms with van der Waals surface area (Å²) in [7, 11) is 0. The van der Waals surface area contributed by atoms with Gasteiger partial charge in [0.1, 0.15) is 17.1 Å². The molecule has 0 atom stereocenters. The van der Waals surface area contributed by atoms with E-state index in [0.717, 1.165) is 24.6 Å². The zero-order valence-corrected chi connectivity index (χ0v) is 11.3. The first-order valence-corrected chi connectivity index (χ1v) is 6.77. The van der Waals surface area contributed by atoms with Gasteiger partial charge in [-0.25, -0.2) is 4.39 Å². The highest BCUT2D eigenvalue weighted by Gasteiger charge is 2.19. The Morgan fingerprint density at radius 1 is 1.24 bits per heavy atom. The number of carbonyl (C=O) groups is 1. The molecule has 2 aromatic rings. The summed E-state index contributed by atoms with van der Waals surface area (Å²) < 4.78 is 13.7. The van der Waals surface area contributed by atoms with Gasteiger partial charge >= 0.3 is 0 Å². The Kier molecular flexibility index (Phi) is 3.58. The summed E-state index contributed by atoms with van der Waals surface area (Å²) in [5.41, 5.74) is 2.49. The number of phenolic OH excluding ortho intramolecular Hbond substituents is 1. The predicted octanol–water partition coefficient (Wildman–Crippen LogP) is 2.43. The second-order valence-corrected chi connectivity index (χ2v) is 4.96. The van der Waals surface area contributed by atoms with Gasteiger partial charge in [0, 0.05) is 12.2 Å². The minimum Gasteiger partial charge on any atom is -0.507 e. The Hall–Kier alpha value is -2.40. The fourth-order valence-electron chi connectivity index (χ4n) is 2.55. The third-order valence-corrected chi connectivity index (χ3v) is 3.61. The molecular formula is C16H15FN2O2. The first-order valence-electron chi connectivity index (χ1n) is 6.77. The van der Waals surface area contributed by atoms with Crippen LogP contribution in [0.5, 0.6) is 5.75 Å². The van der Waals surface area contributed by atoms with Crippen LogP contribution >= 0.6 is 0 Å². The molecule has 0 unspecified atom stereocenters. The van der Waals surface area contributed by atoms with Crippen LogP contribution in [0.25, 0.3) is 0 Å². The largest absolute Gasteiger partial charge is 0.507 e. The Labute approximate surface area is 121 Å². The molecule has 1 aliphatic rings. The molecule has 108 valence electrons. The Bertz CT molecular complexity index is 680. The molecule has 4 nitrogen and oxygen atoms in total. The number of phenols is 1. The van der Waals surface area contributed by atoms with Gasteiger partial charge in [0.05, 0.1) is 0 Å². The lowest BCUT2D eigenvalue weighted by atomic mass is 9.99. The summed E-state index contributed by atoms with van der Waals surface area (Å²) in [6.45, 7) is 1.56. The van der Waals surface area contributed by atoms with Gasteiger partial charge in [0.25, 0.3) is 5.91 Å². The molecule has 1 amide bonds. The molecular weight excluding hydrogens is 271 g/mol. The quantitative estimate of drug-likeness (QED) is 0.794. The van der Waals surface area contributed by atoms with Gasteiger partial charge in [-0.3, -0.25) is 4.79 Å². The predicted molar refractivity (Wildman–Crippen MR) is 77.9 cm³/mol. The van der Waals surface area contributed by atoms with Crippen molar-refractivity contribution in [1.82, 2.24) is 5.32 Å². The van der Waals surface area contributed by atoms with Crippen LogP contribution in [0, 0.1) is 5.82 Å². The van der Waals surface area contributed by atoms with Gasteiger partial charge in [0.15, 0.2) is 0 Å². The summed E-state index contributed by atoms with van der Waals surface area (Å²) in [6, 6.07) is 9.46. The number of aromatic hydroxyl groups is 1. The van der Waals surface area contributed by atoms with E-state index >= 15 is 0 Å². The van der Waals surface area contributed by atoms with Crippen LogP contribution in [0.1, 0.15) is 21.5 Å². The number of amides is 1. The molecule has 0 aliphatic carbocycles. The van der Waals surface area contributed by atoms with Crippen molar-refractivity contribution < 1.29 is 14.3 Å². The van der Waals surface area contributed by atoms with Gasteiger partial charge in [-0.1, -0.05) is 18.2 Å². The summed E-state index contributed by atoms with van der Waals surface area (Å²) in [5, 5.41) is 15.6. The number of hydrogen-bond acceptors (Lipinski definition) is 3. The first kappa shape index (κ1) is 13.6. The van der Waals surface area contributed by atoms with E-state index < -0.39 is 11.7 Å². The average Bonchev–Trinajstić information content (AvgIpc) is 2.47. The van der Waals surface area contributed by atoms with Crippen molar-refractivity contribution in [3.8, 4) is 5.75 Å². The number of fused-ring (bicyclic) bond motifs is 1. The number of carbonyl (C=O) groups excluding carboxylic acids is 1. The zero-order chi connectivity index (χ0) is 14.8. The van der Waals surface area contributed by atoms with E-state index in [4.69, 9.17) is 0 Å². The normalized spacial score (nSPS) is 13.6. The third-order valence-electron chi connectivity index (χ3n) is 3.61. The van der Waals surface area contributed by atoms with Crippen LogP contribution in [0.15, 0.2) is 36.4 Å². The van der Waals surface area contributed by atoms with Gasteiger partial charge in [-0.05, 0) is 42.3 Å². The maximum Gasteiger partial charge on any atom is 0.262 e. The number of halogens is 1. The highest BCUT2D eigenvalue weighted by molar-refractivity contribution is 6.06. The van der Waals surface area contributed by atoms with Crippen LogP contribution < -0.4 is 10.6 Å². The molecule has 2 aromatic carbocycles. The summed E-state index contributed by atoms with van der Waals surface area (Å²) in [5.74, 6) is -1.75. The molecule has 0 saturated heterocycles. The molecule has 5 heteroatoms. The molecule has 1 heterocycles. The van der Waals surface area contributed by atoms with Crippen molar-refractivity contribution >= 4 is 11.6 Å². The van der Waals surface area contributed by atoms with Crippen LogP contribution in [0.4, 0.5) is 10.1 Å². The minimum atomic E-state index is -0.740. The lowest BCUT2D eigenvalue weighted by Gasteiger charge is -2.20. The number of benzene rings is 2. The Morgan fingerprint density at radius 3 is 2.86 bits per heavy atom. The van der Waals surface area contributed by atoms with Gasteiger partial charge in [-0.2, -0.15) is 0 Å². The van der Waals surface area contributed by atoms with Crippen molar-refractivity contribution in [1.29, 1.82) is 0 Å². The molecule has 0 fully saturated rings. The van der Waals surface area contributed by atoms with Gasteiger partial charge < -0.3 is 15.7 Å².